The lowest BCUT2D eigenvalue weighted by Crippen LogP contribution is -2.45. The highest BCUT2D eigenvalue weighted by molar-refractivity contribution is 7.90. The van der Waals surface area contributed by atoms with Crippen LogP contribution in [0.4, 0.5) is 0 Å². The smallest absolute Gasteiger partial charge is 0.214 e. The summed E-state index contributed by atoms with van der Waals surface area (Å²) < 4.78 is 33.2. The Morgan fingerprint density at radius 3 is 2.58 bits per heavy atom. The monoisotopic (exact) mass is 390 g/mol. The number of rotatable bonds is 5. The Labute approximate surface area is 158 Å². The summed E-state index contributed by atoms with van der Waals surface area (Å²) in [5.41, 5.74) is 2.00. The van der Waals surface area contributed by atoms with E-state index in [1.165, 1.54) is 11.3 Å². The van der Waals surface area contributed by atoms with Crippen LogP contribution in [0.25, 0.3) is 10.4 Å². The van der Waals surface area contributed by atoms with Crippen LogP contribution >= 0.6 is 11.3 Å². The second kappa shape index (κ2) is 7.89. The molecule has 1 aliphatic heterocycles. The molecule has 1 aliphatic rings. The zero-order chi connectivity index (χ0) is 18.7. The minimum absolute atomic E-state index is 0.256. The van der Waals surface area contributed by atoms with E-state index >= 15 is 0 Å². The van der Waals surface area contributed by atoms with Crippen LogP contribution < -0.4 is 4.72 Å². The molecule has 0 radical (unpaired) electrons. The van der Waals surface area contributed by atoms with E-state index in [9.17, 15) is 8.42 Å². The van der Waals surface area contributed by atoms with Gasteiger partial charge >= 0.3 is 0 Å². The van der Waals surface area contributed by atoms with Gasteiger partial charge < -0.3 is 4.74 Å². The zero-order valence-electron chi connectivity index (χ0n) is 14.8. The van der Waals surface area contributed by atoms with Gasteiger partial charge in [-0.1, -0.05) is 24.3 Å². The first-order valence-electron chi connectivity index (χ1n) is 8.64. The SMILES string of the molecule is CC(C)S(=O)(=O)NC1CCCO[C@@H]1c1ccc(-c2ccc(C#N)s2)cc1. The molecule has 2 atom stereocenters. The van der Waals surface area contributed by atoms with Gasteiger partial charge in [-0.25, -0.2) is 13.1 Å². The number of nitrogens with zero attached hydrogens (tertiary/aromatic N) is 1. The number of thiophene rings is 1. The van der Waals surface area contributed by atoms with E-state index in [4.69, 9.17) is 10.00 Å². The van der Waals surface area contributed by atoms with Crippen LogP contribution in [0, 0.1) is 11.3 Å². The summed E-state index contributed by atoms with van der Waals surface area (Å²) in [5.74, 6) is 0. The number of hydrogen-bond acceptors (Lipinski definition) is 5. The third kappa shape index (κ3) is 4.15. The predicted octanol–water partition coefficient (Wildman–Crippen LogP) is 3.83. The number of nitriles is 1. The molecule has 138 valence electrons. The quantitative estimate of drug-likeness (QED) is 0.841. The van der Waals surface area contributed by atoms with Crippen LogP contribution in [0.2, 0.25) is 0 Å². The van der Waals surface area contributed by atoms with Gasteiger partial charge in [0.05, 0.1) is 17.4 Å². The van der Waals surface area contributed by atoms with Crippen molar-refractivity contribution in [2.24, 2.45) is 0 Å². The van der Waals surface area contributed by atoms with Crippen LogP contribution in [0.5, 0.6) is 0 Å². The van der Waals surface area contributed by atoms with E-state index in [0.29, 0.717) is 11.5 Å². The molecule has 26 heavy (non-hydrogen) atoms. The zero-order valence-corrected chi connectivity index (χ0v) is 16.4. The van der Waals surface area contributed by atoms with Crippen LogP contribution in [-0.4, -0.2) is 26.3 Å². The highest BCUT2D eigenvalue weighted by Crippen LogP contribution is 2.32. The minimum atomic E-state index is -3.35. The first-order chi connectivity index (χ1) is 12.4. The van der Waals surface area contributed by atoms with Crippen molar-refractivity contribution in [3.63, 3.8) is 0 Å². The summed E-state index contributed by atoms with van der Waals surface area (Å²) in [6.07, 6.45) is 1.31. The molecule has 1 N–H and O–H groups in total. The van der Waals surface area contributed by atoms with Crippen LogP contribution in [-0.2, 0) is 14.8 Å². The average molecular weight is 391 g/mol. The lowest BCUT2D eigenvalue weighted by Gasteiger charge is -2.33. The molecular formula is C19H22N2O3S2. The van der Waals surface area contributed by atoms with E-state index in [2.05, 4.69) is 10.8 Å². The second-order valence-corrected chi connectivity index (χ2v) is 10.0. The molecule has 0 aliphatic carbocycles. The number of benzene rings is 1. The maximum atomic E-state index is 12.3. The topological polar surface area (TPSA) is 79.2 Å². The number of nitrogens with one attached hydrogen (secondary N) is 1. The first kappa shape index (κ1) is 19.1. The number of hydrogen-bond donors (Lipinski definition) is 1. The van der Waals surface area contributed by atoms with Gasteiger partial charge in [0.2, 0.25) is 10.0 Å². The highest BCUT2D eigenvalue weighted by atomic mass is 32.2. The lowest BCUT2D eigenvalue weighted by molar-refractivity contribution is -0.00446. The molecule has 1 fully saturated rings. The Morgan fingerprint density at radius 2 is 1.96 bits per heavy atom. The van der Waals surface area contributed by atoms with Crippen LogP contribution in [0.3, 0.4) is 0 Å². The summed E-state index contributed by atoms with van der Waals surface area (Å²) in [6.45, 7) is 3.97. The molecule has 0 bridgehead atoms. The van der Waals surface area contributed by atoms with E-state index in [1.807, 2.05) is 36.4 Å². The molecule has 1 aromatic heterocycles. The van der Waals surface area contributed by atoms with Gasteiger partial charge in [-0.05, 0) is 49.9 Å². The fourth-order valence-corrected chi connectivity index (χ4v) is 4.71. The summed E-state index contributed by atoms with van der Waals surface area (Å²) in [6, 6.07) is 13.6. The van der Waals surface area contributed by atoms with Gasteiger partial charge in [-0.2, -0.15) is 5.26 Å². The minimum Gasteiger partial charge on any atom is -0.372 e. The summed E-state index contributed by atoms with van der Waals surface area (Å²) in [5, 5.41) is 8.49. The Morgan fingerprint density at radius 1 is 1.23 bits per heavy atom. The summed E-state index contributed by atoms with van der Waals surface area (Å²) >= 11 is 1.46. The molecule has 1 saturated heterocycles. The number of ether oxygens (including phenoxy) is 1. The molecule has 3 rings (SSSR count). The third-order valence-corrected chi connectivity index (χ3v) is 7.41. The van der Waals surface area contributed by atoms with Gasteiger partial charge in [-0.15, -0.1) is 11.3 Å². The van der Waals surface area contributed by atoms with Gasteiger partial charge in [0.15, 0.2) is 0 Å². The van der Waals surface area contributed by atoms with Gasteiger partial charge in [0, 0.05) is 11.5 Å². The Kier molecular flexibility index (Phi) is 5.78. The van der Waals surface area contributed by atoms with Crippen molar-refractivity contribution >= 4 is 21.4 Å². The molecule has 5 nitrogen and oxygen atoms in total. The van der Waals surface area contributed by atoms with Gasteiger partial charge in [0.25, 0.3) is 0 Å². The largest absolute Gasteiger partial charge is 0.372 e. The van der Waals surface area contributed by atoms with E-state index in [-0.39, 0.29) is 12.1 Å². The first-order valence-corrected chi connectivity index (χ1v) is 11.0. The lowest BCUT2D eigenvalue weighted by atomic mass is 9.96. The van der Waals surface area contributed by atoms with Crippen LogP contribution in [0.15, 0.2) is 36.4 Å². The van der Waals surface area contributed by atoms with Crippen molar-refractivity contribution in [3.8, 4) is 16.5 Å². The van der Waals surface area contributed by atoms with Crippen LogP contribution in [0.1, 0.15) is 43.2 Å². The molecule has 0 amide bonds. The van der Waals surface area contributed by atoms with Gasteiger partial charge in [-0.3, -0.25) is 0 Å². The molecule has 1 unspecified atom stereocenters. The maximum Gasteiger partial charge on any atom is 0.214 e. The van der Waals surface area contributed by atoms with E-state index in [0.717, 1.165) is 28.8 Å². The van der Waals surface area contributed by atoms with E-state index < -0.39 is 15.3 Å². The molecule has 7 heteroatoms. The molecular weight excluding hydrogens is 368 g/mol. The third-order valence-electron chi connectivity index (χ3n) is 4.50. The van der Waals surface area contributed by atoms with Crippen molar-refractivity contribution in [1.29, 1.82) is 5.26 Å². The molecule has 2 heterocycles. The standard InChI is InChI=1S/C19H22N2O3S2/c1-13(2)26(22,23)21-17-4-3-11-24-19(17)15-7-5-14(6-8-15)18-10-9-16(12-20)25-18/h5-10,13,17,19,21H,3-4,11H2,1-2H3/t17?,19-/m1/s1. The molecule has 1 aromatic carbocycles. The Balaban J connectivity index is 1.81. The Hall–Kier alpha value is -1.72. The second-order valence-electron chi connectivity index (χ2n) is 6.65. The van der Waals surface area contributed by atoms with Crippen molar-refractivity contribution in [2.45, 2.75) is 44.1 Å². The van der Waals surface area contributed by atoms with Crippen molar-refractivity contribution in [1.82, 2.24) is 4.72 Å². The molecule has 0 saturated carbocycles. The van der Waals surface area contributed by atoms with E-state index in [1.54, 1.807) is 13.8 Å². The van der Waals surface area contributed by atoms with Crippen molar-refractivity contribution in [2.75, 3.05) is 6.61 Å². The fourth-order valence-electron chi connectivity index (χ4n) is 2.97. The maximum absolute atomic E-state index is 12.3. The summed E-state index contributed by atoms with van der Waals surface area (Å²) in [4.78, 5) is 1.72. The van der Waals surface area contributed by atoms with Crippen molar-refractivity contribution in [3.05, 3.63) is 46.8 Å². The predicted molar refractivity (Wildman–Crippen MR) is 103 cm³/mol. The summed E-state index contributed by atoms with van der Waals surface area (Å²) in [7, 11) is -3.35. The Bertz CT molecular complexity index is 896. The average Bonchev–Trinajstić information content (AvgIpc) is 3.11. The molecule has 0 spiro atoms. The number of sulfonamides is 1. The highest BCUT2D eigenvalue weighted by Gasteiger charge is 2.31. The van der Waals surface area contributed by atoms with Crippen molar-refractivity contribution < 1.29 is 13.2 Å². The normalized spacial score (nSPS) is 20.8. The molecule has 2 aromatic rings. The van der Waals surface area contributed by atoms with Gasteiger partial charge in [0.1, 0.15) is 10.9 Å². The fraction of sp³-hybridized carbons (Fsp3) is 0.421.